The van der Waals surface area contributed by atoms with Crippen LogP contribution < -0.4 is 5.32 Å². The van der Waals surface area contributed by atoms with Crippen LogP contribution in [0.1, 0.15) is 31.5 Å². The van der Waals surface area contributed by atoms with Crippen LogP contribution in [-0.4, -0.2) is 30.8 Å². The number of allylic oxidation sites excluding steroid dienone is 1. The predicted molar refractivity (Wildman–Crippen MR) is 104 cm³/mol. The Kier molecular flexibility index (Phi) is 5.81. The number of non-ortho nitro benzene ring substituents is 1. The molecule has 8 nitrogen and oxygen atoms in total. The first-order valence-corrected chi connectivity index (χ1v) is 9.62. The Hall–Kier alpha value is -2.39. The summed E-state index contributed by atoms with van der Waals surface area (Å²) < 4.78 is 1.97. The van der Waals surface area contributed by atoms with Gasteiger partial charge in [0.25, 0.3) is 5.69 Å². The first kappa shape index (κ1) is 19.4. The summed E-state index contributed by atoms with van der Waals surface area (Å²) in [6.07, 6.45) is 3.97. The molecule has 1 N–H and O–H groups in total. The van der Waals surface area contributed by atoms with Crippen molar-refractivity contribution >= 4 is 40.6 Å². The molecule has 1 unspecified atom stereocenters. The average Bonchev–Trinajstić information content (AvgIpc) is 3.40. The van der Waals surface area contributed by atoms with Crippen molar-refractivity contribution in [2.75, 3.05) is 5.32 Å². The zero-order valence-corrected chi connectivity index (χ0v) is 16.2. The molecule has 0 radical (unpaired) electrons. The zero-order chi connectivity index (χ0) is 19.6. The maximum atomic E-state index is 12.5. The van der Waals surface area contributed by atoms with E-state index in [1.165, 1.54) is 30.0 Å². The van der Waals surface area contributed by atoms with Crippen LogP contribution in [-0.2, 0) is 11.3 Å². The Labute approximate surface area is 165 Å². The lowest BCUT2D eigenvalue weighted by molar-refractivity contribution is -0.384. The largest absolute Gasteiger partial charge is 0.324 e. The molecule has 0 bridgehead atoms. The Morgan fingerprint density at radius 3 is 2.93 bits per heavy atom. The van der Waals surface area contributed by atoms with Crippen LogP contribution in [0, 0.1) is 10.1 Å². The van der Waals surface area contributed by atoms with E-state index in [0.29, 0.717) is 17.6 Å². The number of nitrogens with one attached hydrogen (secondary N) is 1. The summed E-state index contributed by atoms with van der Waals surface area (Å²) in [6, 6.07) is 3.91. The summed E-state index contributed by atoms with van der Waals surface area (Å²) in [5.74, 6) is 1.02. The number of hydrogen-bond acceptors (Lipinski definition) is 6. The predicted octanol–water partition coefficient (Wildman–Crippen LogP) is 4.02. The number of nitro benzene ring substituents is 1. The number of anilines is 1. The summed E-state index contributed by atoms with van der Waals surface area (Å²) in [6.45, 7) is 6.07. The monoisotopic (exact) mass is 407 g/mol. The van der Waals surface area contributed by atoms with Gasteiger partial charge in [0.2, 0.25) is 5.91 Å². The maximum absolute atomic E-state index is 12.5. The van der Waals surface area contributed by atoms with E-state index in [0.717, 1.165) is 18.7 Å². The van der Waals surface area contributed by atoms with E-state index < -0.39 is 10.2 Å². The average molecular weight is 408 g/mol. The number of nitrogens with zero attached hydrogens (tertiary/aromatic N) is 4. The fraction of sp³-hybridized carbons (Fsp3) is 0.353. The van der Waals surface area contributed by atoms with Crippen LogP contribution in [0.2, 0.25) is 5.02 Å². The molecule has 0 spiro atoms. The minimum atomic E-state index is -0.540. The van der Waals surface area contributed by atoms with Gasteiger partial charge in [-0.1, -0.05) is 29.4 Å². The van der Waals surface area contributed by atoms with Gasteiger partial charge in [0.05, 0.1) is 20.9 Å². The van der Waals surface area contributed by atoms with Crippen molar-refractivity contribution in [1.29, 1.82) is 0 Å². The molecule has 142 valence electrons. The molecule has 1 heterocycles. The van der Waals surface area contributed by atoms with Crippen molar-refractivity contribution in [1.82, 2.24) is 14.8 Å². The number of hydrogen-bond donors (Lipinski definition) is 1. The van der Waals surface area contributed by atoms with Crippen molar-refractivity contribution < 1.29 is 9.72 Å². The van der Waals surface area contributed by atoms with Gasteiger partial charge in [-0.3, -0.25) is 14.9 Å². The van der Waals surface area contributed by atoms with E-state index in [-0.39, 0.29) is 22.3 Å². The molecule has 0 saturated heterocycles. The van der Waals surface area contributed by atoms with Crippen LogP contribution in [0.4, 0.5) is 11.4 Å². The standard InChI is InChI=1S/C17H18ClN5O3S/c1-3-8-22-15(11-4-5-11)20-21-17(22)27-10(2)16(24)19-14-9-12(23(25)26)6-7-13(14)18/h3,6-7,9-11H,1,4-5,8H2,2H3,(H,19,24). The third-order valence-electron chi connectivity index (χ3n) is 4.07. The summed E-state index contributed by atoms with van der Waals surface area (Å²) in [4.78, 5) is 22.9. The van der Waals surface area contributed by atoms with Gasteiger partial charge in [-0.15, -0.1) is 16.8 Å². The van der Waals surface area contributed by atoms with Gasteiger partial charge in [-0.2, -0.15) is 0 Å². The topological polar surface area (TPSA) is 103 Å². The van der Waals surface area contributed by atoms with Crippen LogP contribution in [0.3, 0.4) is 0 Å². The fourth-order valence-electron chi connectivity index (χ4n) is 2.50. The lowest BCUT2D eigenvalue weighted by Gasteiger charge is -2.13. The molecular weight excluding hydrogens is 390 g/mol. The molecule has 1 aromatic carbocycles. The molecule has 1 aromatic heterocycles. The van der Waals surface area contributed by atoms with Gasteiger partial charge in [-0.05, 0) is 25.8 Å². The van der Waals surface area contributed by atoms with Gasteiger partial charge >= 0.3 is 0 Å². The van der Waals surface area contributed by atoms with Crippen LogP contribution in [0.25, 0.3) is 0 Å². The molecule has 1 fully saturated rings. The maximum Gasteiger partial charge on any atom is 0.271 e. The van der Waals surface area contributed by atoms with Gasteiger partial charge in [-0.25, -0.2) is 0 Å². The first-order valence-electron chi connectivity index (χ1n) is 8.36. The third kappa shape index (κ3) is 4.48. The minimum absolute atomic E-state index is 0.144. The van der Waals surface area contributed by atoms with E-state index >= 15 is 0 Å². The lowest BCUT2D eigenvalue weighted by Crippen LogP contribution is -2.23. The van der Waals surface area contributed by atoms with E-state index in [9.17, 15) is 14.9 Å². The SMILES string of the molecule is C=CCn1c(SC(C)C(=O)Nc2cc([N+](=O)[O-])ccc2Cl)nnc1C1CC1. The molecule has 1 atom stereocenters. The molecule has 0 aliphatic heterocycles. The smallest absolute Gasteiger partial charge is 0.271 e. The van der Waals surface area contributed by atoms with Gasteiger partial charge in [0, 0.05) is 24.6 Å². The molecular formula is C17H18ClN5O3S. The Balaban J connectivity index is 1.72. The van der Waals surface area contributed by atoms with Gasteiger partial charge in [0.15, 0.2) is 5.16 Å². The van der Waals surface area contributed by atoms with E-state index in [2.05, 4.69) is 22.1 Å². The Bertz CT molecular complexity index is 897. The number of halogens is 1. The normalized spacial score (nSPS) is 14.6. The molecule has 1 amide bonds. The van der Waals surface area contributed by atoms with Crippen LogP contribution in [0.5, 0.6) is 0 Å². The number of rotatable bonds is 8. The van der Waals surface area contributed by atoms with Crippen molar-refractivity contribution in [2.45, 2.75) is 42.6 Å². The van der Waals surface area contributed by atoms with E-state index in [1.807, 2.05) is 4.57 Å². The van der Waals surface area contributed by atoms with Gasteiger partial charge in [0.1, 0.15) is 5.82 Å². The van der Waals surface area contributed by atoms with Crippen molar-refractivity contribution in [3.63, 3.8) is 0 Å². The second kappa shape index (κ2) is 8.10. The molecule has 2 aromatic rings. The lowest BCUT2D eigenvalue weighted by atomic mass is 10.2. The summed E-state index contributed by atoms with van der Waals surface area (Å²) in [5, 5.41) is 22.4. The highest BCUT2D eigenvalue weighted by Crippen LogP contribution is 2.40. The van der Waals surface area contributed by atoms with E-state index in [1.54, 1.807) is 13.0 Å². The van der Waals surface area contributed by atoms with Crippen LogP contribution >= 0.6 is 23.4 Å². The van der Waals surface area contributed by atoms with Crippen molar-refractivity contribution in [3.05, 3.63) is 51.8 Å². The molecule has 1 aliphatic carbocycles. The highest BCUT2D eigenvalue weighted by Gasteiger charge is 2.31. The Morgan fingerprint density at radius 1 is 1.56 bits per heavy atom. The number of carbonyl (C=O) groups is 1. The fourth-order valence-corrected chi connectivity index (χ4v) is 3.53. The third-order valence-corrected chi connectivity index (χ3v) is 5.48. The number of aromatic nitrogens is 3. The summed E-state index contributed by atoms with van der Waals surface area (Å²) >= 11 is 7.31. The highest BCUT2D eigenvalue weighted by atomic mass is 35.5. The number of thioether (sulfide) groups is 1. The number of nitro groups is 1. The molecule has 10 heteroatoms. The molecule has 3 rings (SSSR count). The van der Waals surface area contributed by atoms with Crippen molar-refractivity contribution in [3.8, 4) is 0 Å². The quantitative estimate of drug-likeness (QED) is 0.307. The second-order valence-corrected chi connectivity index (χ2v) is 7.90. The molecule has 1 saturated carbocycles. The summed E-state index contributed by atoms with van der Waals surface area (Å²) in [7, 11) is 0. The van der Waals surface area contributed by atoms with Crippen molar-refractivity contribution in [2.24, 2.45) is 0 Å². The van der Waals surface area contributed by atoms with Gasteiger partial charge < -0.3 is 9.88 Å². The van der Waals surface area contributed by atoms with E-state index in [4.69, 9.17) is 11.6 Å². The Morgan fingerprint density at radius 2 is 2.30 bits per heavy atom. The zero-order valence-electron chi connectivity index (χ0n) is 14.6. The van der Waals surface area contributed by atoms with Crippen LogP contribution in [0.15, 0.2) is 36.0 Å². The summed E-state index contributed by atoms with van der Waals surface area (Å²) in [5.41, 5.74) is 0.0596. The number of carbonyl (C=O) groups excluding carboxylic acids is 1. The minimum Gasteiger partial charge on any atom is -0.324 e. The number of benzene rings is 1. The molecule has 27 heavy (non-hydrogen) atoms. The second-order valence-electron chi connectivity index (χ2n) is 6.18. The number of amides is 1. The first-order chi connectivity index (χ1) is 12.9. The highest BCUT2D eigenvalue weighted by molar-refractivity contribution is 8.00. The molecule has 1 aliphatic rings.